The molecule has 0 saturated heterocycles. The molecule has 0 spiro atoms. The third-order valence-corrected chi connectivity index (χ3v) is 4.54. The van der Waals surface area contributed by atoms with E-state index in [1.807, 2.05) is 0 Å². The van der Waals surface area contributed by atoms with E-state index in [2.05, 4.69) is 29.0 Å². The summed E-state index contributed by atoms with van der Waals surface area (Å²) in [6, 6.07) is 7.00. The number of rotatable bonds is 10. The average Bonchev–Trinajstić information content (AvgIpc) is 2.67. The second-order valence-corrected chi connectivity index (χ2v) is 6.77. The fraction of sp³-hybridized carbons (Fsp3) is 0.524. The lowest BCUT2D eigenvalue weighted by Crippen LogP contribution is -2.29. The summed E-state index contributed by atoms with van der Waals surface area (Å²) in [5.41, 5.74) is 2.83. The zero-order chi connectivity index (χ0) is 18.6. The molecule has 1 aliphatic rings. The van der Waals surface area contributed by atoms with Crippen LogP contribution in [-0.4, -0.2) is 31.4 Å². The summed E-state index contributed by atoms with van der Waals surface area (Å²) in [4.78, 5) is 23.9. The standard InChI is InChI=1S/C21H31N3O2/c1-2-3-14-23-21(26)18-9-11-19(12-10-18)24-20(25)16-22-15-13-17-7-5-4-6-8-17/h7,9-12,22H,2-6,8,13-16H2,1H3,(H,23,26)(H,24,25). The minimum Gasteiger partial charge on any atom is -0.352 e. The molecule has 0 bridgehead atoms. The highest BCUT2D eigenvalue weighted by molar-refractivity contribution is 5.96. The molecule has 0 atom stereocenters. The van der Waals surface area contributed by atoms with Crippen LogP contribution in [0.25, 0.3) is 0 Å². The summed E-state index contributed by atoms with van der Waals surface area (Å²) >= 11 is 0. The zero-order valence-electron chi connectivity index (χ0n) is 15.8. The number of unbranched alkanes of at least 4 members (excludes halogenated alkanes) is 1. The molecule has 0 fully saturated rings. The van der Waals surface area contributed by atoms with Gasteiger partial charge in [0.15, 0.2) is 0 Å². The average molecular weight is 357 g/mol. The maximum Gasteiger partial charge on any atom is 0.251 e. The maximum absolute atomic E-state index is 12.0. The molecule has 0 radical (unpaired) electrons. The van der Waals surface area contributed by atoms with Crippen molar-refractivity contribution in [3.63, 3.8) is 0 Å². The van der Waals surface area contributed by atoms with Crippen molar-refractivity contribution in [1.29, 1.82) is 0 Å². The minimum atomic E-state index is -0.0741. The second-order valence-electron chi connectivity index (χ2n) is 6.77. The van der Waals surface area contributed by atoms with E-state index in [0.29, 0.717) is 24.3 Å². The zero-order valence-corrected chi connectivity index (χ0v) is 15.8. The first-order valence-corrected chi connectivity index (χ1v) is 9.75. The smallest absolute Gasteiger partial charge is 0.251 e. The largest absolute Gasteiger partial charge is 0.352 e. The molecule has 0 unspecified atom stereocenters. The summed E-state index contributed by atoms with van der Waals surface area (Å²) in [5.74, 6) is -0.141. The predicted octanol–water partition coefficient (Wildman–Crippen LogP) is 3.64. The van der Waals surface area contributed by atoms with E-state index in [1.54, 1.807) is 24.3 Å². The van der Waals surface area contributed by atoms with Gasteiger partial charge in [0.25, 0.3) is 5.91 Å². The van der Waals surface area contributed by atoms with Crippen molar-refractivity contribution in [3.8, 4) is 0 Å². The maximum atomic E-state index is 12.0. The van der Waals surface area contributed by atoms with Crippen LogP contribution in [0.5, 0.6) is 0 Å². The number of carbonyl (C=O) groups excluding carboxylic acids is 2. The fourth-order valence-corrected chi connectivity index (χ4v) is 2.97. The summed E-state index contributed by atoms with van der Waals surface area (Å²) < 4.78 is 0. The molecule has 1 aromatic rings. The van der Waals surface area contributed by atoms with Gasteiger partial charge in [-0.2, -0.15) is 0 Å². The Morgan fingerprint density at radius 3 is 2.58 bits per heavy atom. The molecule has 142 valence electrons. The fourth-order valence-electron chi connectivity index (χ4n) is 2.97. The van der Waals surface area contributed by atoms with Crippen LogP contribution in [0.1, 0.15) is 62.2 Å². The van der Waals surface area contributed by atoms with E-state index >= 15 is 0 Å². The van der Waals surface area contributed by atoms with Gasteiger partial charge < -0.3 is 16.0 Å². The van der Waals surface area contributed by atoms with Crippen molar-refractivity contribution in [1.82, 2.24) is 10.6 Å². The molecule has 2 amide bonds. The number of nitrogens with one attached hydrogen (secondary N) is 3. The first-order chi connectivity index (χ1) is 12.7. The van der Waals surface area contributed by atoms with Crippen LogP contribution in [0.2, 0.25) is 0 Å². The highest BCUT2D eigenvalue weighted by Crippen LogP contribution is 2.19. The molecule has 0 heterocycles. The van der Waals surface area contributed by atoms with Crippen molar-refractivity contribution < 1.29 is 9.59 Å². The minimum absolute atomic E-state index is 0.0669. The van der Waals surface area contributed by atoms with Gasteiger partial charge in [-0.05, 0) is 69.3 Å². The monoisotopic (exact) mass is 357 g/mol. The number of benzene rings is 1. The van der Waals surface area contributed by atoms with Gasteiger partial charge in [0.05, 0.1) is 6.54 Å². The number of allylic oxidation sites excluding steroid dienone is 1. The summed E-state index contributed by atoms with van der Waals surface area (Å²) in [7, 11) is 0. The Hall–Kier alpha value is -2.14. The van der Waals surface area contributed by atoms with Crippen molar-refractivity contribution in [3.05, 3.63) is 41.5 Å². The van der Waals surface area contributed by atoms with Crippen LogP contribution in [0.4, 0.5) is 5.69 Å². The van der Waals surface area contributed by atoms with E-state index in [4.69, 9.17) is 0 Å². The lowest BCUT2D eigenvalue weighted by Gasteiger charge is -2.13. The molecular weight excluding hydrogens is 326 g/mol. The van der Waals surface area contributed by atoms with Gasteiger partial charge in [-0.25, -0.2) is 0 Å². The Morgan fingerprint density at radius 1 is 1.08 bits per heavy atom. The summed E-state index contributed by atoms with van der Waals surface area (Å²) in [6.45, 7) is 3.91. The Bertz CT molecular complexity index is 608. The highest BCUT2D eigenvalue weighted by atomic mass is 16.2. The van der Waals surface area contributed by atoms with Gasteiger partial charge in [0, 0.05) is 17.8 Å². The Morgan fingerprint density at radius 2 is 1.88 bits per heavy atom. The van der Waals surface area contributed by atoms with Crippen LogP contribution < -0.4 is 16.0 Å². The van der Waals surface area contributed by atoms with E-state index in [1.165, 1.54) is 31.3 Å². The van der Waals surface area contributed by atoms with Gasteiger partial charge in [0.2, 0.25) is 5.91 Å². The van der Waals surface area contributed by atoms with Crippen LogP contribution >= 0.6 is 0 Å². The number of amides is 2. The van der Waals surface area contributed by atoms with Crippen molar-refractivity contribution in [2.45, 2.75) is 51.9 Å². The lowest BCUT2D eigenvalue weighted by molar-refractivity contribution is -0.115. The molecule has 5 heteroatoms. The van der Waals surface area contributed by atoms with Crippen LogP contribution in [0.15, 0.2) is 35.9 Å². The van der Waals surface area contributed by atoms with Gasteiger partial charge in [-0.15, -0.1) is 0 Å². The first-order valence-electron chi connectivity index (χ1n) is 9.75. The van der Waals surface area contributed by atoms with Gasteiger partial charge in [-0.1, -0.05) is 25.0 Å². The normalized spacial score (nSPS) is 13.8. The van der Waals surface area contributed by atoms with E-state index < -0.39 is 0 Å². The topological polar surface area (TPSA) is 70.2 Å². The first kappa shape index (κ1) is 20.2. The Kier molecular flexibility index (Phi) is 8.90. The van der Waals surface area contributed by atoms with E-state index in [9.17, 15) is 9.59 Å². The second kappa shape index (κ2) is 11.5. The summed E-state index contributed by atoms with van der Waals surface area (Å²) in [6.07, 6.45) is 10.4. The molecule has 0 aliphatic heterocycles. The lowest BCUT2D eigenvalue weighted by atomic mass is 9.97. The SMILES string of the molecule is CCCCNC(=O)c1ccc(NC(=O)CNCCC2=CCCCC2)cc1. The molecule has 2 rings (SSSR count). The molecule has 1 aliphatic carbocycles. The highest BCUT2D eigenvalue weighted by Gasteiger charge is 2.07. The van der Waals surface area contributed by atoms with Gasteiger partial charge in [0.1, 0.15) is 0 Å². The Balaban J connectivity index is 1.66. The predicted molar refractivity (Wildman–Crippen MR) is 106 cm³/mol. The molecule has 1 aromatic carbocycles. The van der Waals surface area contributed by atoms with Crippen LogP contribution in [0.3, 0.4) is 0 Å². The third kappa shape index (κ3) is 7.40. The number of hydrogen-bond donors (Lipinski definition) is 3. The third-order valence-electron chi connectivity index (χ3n) is 4.54. The molecule has 0 aromatic heterocycles. The molecular formula is C21H31N3O2. The summed E-state index contributed by atoms with van der Waals surface area (Å²) in [5, 5.41) is 8.93. The number of anilines is 1. The Labute approximate surface area is 156 Å². The number of hydrogen-bond acceptors (Lipinski definition) is 3. The molecule has 26 heavy (non-hydrogen) atoms. The van der Waals surface area contributed by atoms with Crippen molar-refractivity contribution in [2.24, 2.45) is 0 Å². The molecule has 0 saturated carbocycles. The molecule has 5 nitrogen and oxygen atoms in total. The van der Waals surface area contributed by atoms with Crippen molar-refractivity contribution in [2.75, 3.05) is 25.0 Å². The van der Waals surface area contributed by atoms with E-state index in [0.717, 1.165) is 25.8 Å². The number of carbonyl (C=O) groups is 2. The quantitative estimate of drug-likeness (QED) is 0.442. The van der Waals surface area contributed by atoms with Crippen LogP contribution in [0, 0.1) is 0 Å². The van der Waals surface area contributed by atoms with Gasteiger partial charge >= 0.3 is 0 Å². The van der Waals surface area contributed by atoms with Crippen molar-refractivity contribution >= 4 is 17.5 Å². The van der Waals surface area contributed by atoms with E-state index in [-0.39, 0.29) is 11.8 Å². The van der Waals surface area contributed by atoms with Gasteiger partial charge in [-0.3, -0.25) is 9.59 Å². The van der Waals surface area contributed by atoms with Crippen LogP contribution in [-0.2, 0) is 4.79 Å². The molecule has 3 N–H and O–H groups in total.